The van der Waals surface area contributed by atoms with Gasteiger partial charge in [-0.15, -0.1) is 0 Å². The zero-order valence-corrected chi connectivity index (χ0v) is 20.2. The van der Waals surface area contributed by atoms with Gasteiger partial charge in [0.2, 0.25) is 0 Å². The van der Waals surface area contributed by atoms with Crippen LogP contribution in [-0.4, -0.2) is 18.3 Å². The highest BCUT2D eigenvalue weighted by atomic mass is 28.3. The Morgan fingerprint density at radius 1 is 0.677 bits per heavy atom. The zero-order chi connectivity index (χ0) is 21.3. The predicted octanol–water partition coefficient (Wildman–Crippen LogP) is 4.98. The minimum absolute atomic E-state index is 0.682. The molecule has 0 amide bonds. The van der Waals surface area contributed by atoms with Crippen molar-refractivity contribution in [3.05, 3.63) is 126 Å². The van der Waals surface area contributed by atoms with Gasteiger partial charge in [0.05, 0.1) is 9.52 Å². The molecule has 1 atom stereocenters. The summed E-state index contributed by atoms with van der Waals surface area (Å²) in [7, 11) is -0.0479. The molecule has 0 aromatic heterocycles. The number of benzene rings is 4. The molecule has 31 heavy (non-hydrogen) atoms. The van der Waals surface area contributed by atoms with Gasteiger partial charge in [-0.25, -0.2) is 0 Å². The molecule has 0 bridgehead atoms. The van der Waals surface area contributed by atoms with Gasteiger partial charge in [0.15, 0.2) is 0 Å². The molecule has 3 radical (unpaired) electrons. The topological polar surface area (TPSA) is 0 Å². The molecule has 0 spiro atoms. The average molecular weight is 434 g/mol. The summed E-state index contributed by atoms with van der Waals surface area (Å²) < 4.78 is 0. The van der Waals surface area contributed by atoms with Crippen molar-refractivity contribution in [3.8, 4) is 0 Å². The summed E-state index contributed by atoms with van der Waals surface area (Å²) in [6.07, 6.45) is 3.66. The van der Waals surface area contributed by atoms with E-state index in [1.165, 1.54) is 39.5 Å². The minimum atomic E-state index is -0.885. The van der Waals surface area contributed by atoms with Crippen LogP contribution in [0.5, 0.6) is 0 Å². The number of hydrogen-bond donors (Lipinski definition) is 0. The van der Waals surface area contributed by atoms with E-state index in [-0.39, 0.29) is 0 Å². The SMILES string of the molecule is Cc1cccc(CCC[C@H]([Si]c2ccccc2)[Si](c2ccccc2)c2ccccc2)c1. The maximum absolute atomic E-state index is 2.35. The molecule has 0 heterocycles. The third-order valence-electron chi connectivity index (χ3n) is 5.67. The highest BCUT2D eigenvalue weighted by molar-refractivity contribution is 6.93. The Morgan fingerprint density at radius 3 is 1.84 bits per heavy atom. The molecule has 4 rings (SSSR count). The second kappa shape index (κ2) is 11.1. The van der Waals surface area contributed by atoms with E-state index in [0.717, 1.165) is 15.9 Å². The van der Waals surface area contributed by atoms with Crippen LogP contribution in [0.2, 0.25) is 5.16 Å². The van der Waals surface area contributed by atoms with Crippen LogP contribution in [0.4, 0.5) is 0 Å². The van der Waals surface area contributed by atoms with E-state index in [9.17, 15) is 0 Å². The first-order chi connectivity index (χ1) is 15.3. The average Bonchev–Trinajstić information content (AvgIpc) is 2.81. The molecule has 0 saturated carbocycles. The number of aryl methyl sites for hydroxylation is 2. The first-order valence-electron chi connectivity index (χ1n) is 11.1. The third kappa shape index (κ3) is 6.16. The Balaban J connectivity index is 1.61. The summed E-state index contributed by atoms with van der Waals surface area (Å²) in [5.41, 5.74) is 2.83. The molecule has 0 aliphatic heterocycles. The van der Waals surface area contributed by atoms with Crippen LogP contribution in [0.1, 0.15) is 24.0 Å². The maximum atomic E-state index is 2.35. The van der Waals surface area contributed by atoms with Crippen molar-refractivity contribution in [2.45, 2.75) is 31.4 Å². The van der Waals surface area contributed by atoms with Crippen molar-refractivity contribution in [1.29, 1.82) is 0 Å². The van der Waals surface area contributed by atoms with Crippen molar-refractivity contribution in [2.75, 3.05) is 0 Å². The Labute approximate surface area is 191 Å². The Morgan fingerprint density at radius 2 is 1.26 bits per heavy atom. The third-order valence-corrected chi connectivity index (χ3v) is 11.2. The van der Waals surface area contributed by atoms with Crippen LogP contribution in [0.15, 0.2) is 115 Å². The Bertz CT molecular complexity index is 1010. The van der Waals surface area contributed by atoms with Gasteiger partial charge in [0, 0.05) is 0 Å². The molecule has 4 aromatic rings. The van der Waals surface area contributed by atoms with Crippen molar-refractivity contribution in [2.24, 2.45) is 0 Å². The number of hydrogen-bond acceptors (Lipinski definition) is 0. The standard InChI is InChI=1S/C29H29Si2/c1-24-13-11-14-25(23-24)15-12-22-29(30-26-16-5-2-6-17-26)31(27-18-7-3-8-19-27)28-20-9-4-10-21-28/h2-11,13-14,16-21,23,29H,12,15,22H2,1H3/t29-/m1/s1. The first kappa shape index (κ1) is 21.5. The van der Waals surface area contributed by atoms with Crippen LogP contribution in [0.3, 0.4) is 0 Å². The van der Waals surface area contributed by atoms with Crippen LogP contribution in [-0.2, 0) is 6.42 Å². The molecule has 0 saturated heterocycles. The predicted molar refractivity (Wildman–Crippen MR) is 138 cm³/mol. The van der Waals surface area contributed by atoms with Gasteiger partial charge in [-0.1, -0.05) is 143 Å². The van der Waals surface area contributed by atoms with E-state index in [1.54, 1.807) is 0 Å². The van der Waals surface area contributed by atoms with Crippen LogP contribution >= 0.6 is 0 Å². The van der Waals surface area contributed by atoms with E-state index < -0.39 is 8.80 Å². The fourth-order valence-corrected chi connectivity index (χ4v) is 10.2. The van der Waals surface area contributed by atoms with Gasteiger partial charge in [-0.2, -0.15) is 0 Å². The summed E-state index contributed by atoms with van der Waals surface area (Å²) in [4.78, 5) is 0. The molecule has 2 heteroatoms. The van der Waals surface area contributed by atoms with Gasteiger partial charge in [-0.05, 0) is 30.5 Å². The Hall–Kier alpha value is -2.69. The van der Waals surface area contributed by atoms with E-state index in [4.69, 9.17) is 0 Å². The van der Waals surface area contributed by atoms with Gasteiger partial charge in [-0.3, -0.25) is 0 Å². The summed E-state index contributed by atoms with van der Waals surface area (Å²) >= 11 is 0. The second-order valence-electron chi connectivity index (χ2n) is 8.09. The normalized spacial score (nSPS) is 12.1. The van der Waals surface area contributed by atoms with Crippen LogP contribution < -0.4 is 15.6 Å². The van der Waals surface area contributed by atoms with E-state index in [0.29, 0.717) is 5.16 Å². The van der Waals surface area contributed by atoms with Crippen molar-refractivity contribution >= 4 is 33.9 Å². The van der Waals surface area contributed by atoms with Crippen molar-refractivity contribution in [3.63, 3.8) is 0 Å². The molecule has 0 N–H and O–H groups in total. The fraction of sp³-hybridized carbons (Fsp3) is 0.172. The molecule has 4 aromatic carbocycles. The van der Waals surface area contributed by atoms with Crippen LogP contribution in [0, 0.1) is 6.92 Å². The quantitative estimate of drug-likeness (QED) is 0.326. The lowest BCUT2D eigenvalue weighted by molar-refractivity contribution is 0.766. The second-order valence-corrected chi connectivity index (χ2v) is 12.9. The first-order valence-corrected chi connectivity index (χ1v) is 13.8. The van der Waals surface area contributed by atoms with Gasteiger partial charge >= 0.3 is 0 Å². The summed E-state index contributed by atoms with van der Waals surface area (Å²) in [5, 5.41) is 5.23. The largest absolute Gasteiger partial charge is 0.121 e. The van der Waals surface area contributed by atoms with E-state index >= 15 is 0 Å². The highest BCUT2D eigenvalue weighted by Gasteiger charge is 2.27. The smallest absolute Gasteiger partial charge is 0.0642 e. The summed E-state index contributed by atoms with van der Waals surface area (Å²) in [5.74, 6) is 0. The molecule has 0 unspecified atom stereocenters. The minimum Gasteiger partial charge on any atom is -0.0642 e. The summed E-state index contributed by atoms with van der Waals surface area (Å²) in [6.45, 7) is 2.19. The van der Waals surface area contributed by atoms with Crippen molar-refractivity contribution < 1.29 is 0 Å². The van der Waals surface area contributed by atoms with E-state index in [2.05, 4.69) is 122 Å². The van der Waals surface area contributed by atoms with E-state index in [1.807, 2.05) is 0 Å². The van der Waals surface area contributed by atoms with Gasteiger partial charge in [0.25, 0.3) is 0 Å². The van der Waals surface area contributed by atoms with Gasteiger partial charge in [0.1, 0.15) is 8.80 Å². The van der Waals surface area contributed by atoms with Gasteiger partial charge < -0.3 is 0 Å². The lowest BCUT2D eigenvalue weighted by Gasteiger charge is -2.26. The molecule has 153 valence electrons. The lowest BCUT2D eigenvalue weighted by Crippen LogP contribution is -2.49. The number of rotatable bonds is 9. The molecule has 0 nitrogen and oxygen atoms in total. The lowest BCUT2D eigenvalue weighted by atomic mass is 10.1. The molecular weight excluding hydrogens is 404 g/mol. The molecule has 0 aliphatic rings. The van der Waals surface area contributed by atoms with Crippen molar-refractivity contribution in [1.82, 2.24) is 0 Å². The Kier molecular flexibility index (Phi) is 7.70. The highest BCUT2D eigenvalue weighted by Crippen LogP contribution is 2.20. The van der Waals surface area contributed by atoms with Crippen LogP contribution in [0.25, 0.3) is 0 Å². The molecule has 0 fully saturated rings. The zero-order valence-electron chi connectivity index (χ0n) is 18.2. The monoisotopic (exact) mass is 433 g/mol. The fourth-order valence-electron chi connectivity index (χ4n) is 4.21. The summed E-state index contributed by atoms with van der Waals surface area (Å²) in [6, 6.07) is 42.6. The molecule has 0 aliphatic carbocycles. The molecular formula is C29H29Si2. The maximum Gasteiger partial charge on any atom is 0.121 e.